The summed E-state index contributed by atoms with van der Waals surface area (Å²) in [6, 6.07) is 16.4. The molecule has 1 saturated heterocycles. The number of allylic oxidation sites excluding steroid dienone is 1. The van der Waals surface area contributed by atoms with Gasteiger partial charge in [0.05, 0.1) is 34.1 Å². The summed E-state index contributed by atoms with van der Waals surface area (Å²) in [7, 11) is 0. The van der Waals surface area contributed by atoms with Crippen molar-refractivity contribution in [3.8, 4) is 6.07 Å². The van der Waals surface area contributed by atoms with Crippen LogP contribution < -0.4 is 4.90 Å². The van der Waals surface area contributed by atoms with Gasteiger partial charge in [0, 0.05) is 34.1 Å². The number of nitrogens with zero attached hydrogens (tertiary/aromatic N) is 4. The van der Waals surface area contributed by atoms with E-state index >= 15 is 0 Å². The van der Waals surface area contributed by atoms with Crippen molar-refractivity contribution in [1.29, 1.82) is 5.26 Å². The van der Waals surface area contributed by atoms with Gasteiger partial charge in [-0.05, 0) is 24.3 Å². The zero-order chi connectivity index (χ0) is 20.5. The summed E-state index contributed by atoms with van der Waals surface area (Å²) in [5.41, 5.74) is 1.74. The number of nitro groups is 1. The van der Waals surface area contributed by atoms with Gasteiger partial charge in [-0.2, -0.15) is 5.26 Å². The van der Waals surface area contributed by atoms with E-state index in [0.717, 1.165) is 10.2 Å². The molecule has 0 N–H and O–H groups in total. The molecule has 2 aliphatic rings. The van der Waals surface area contributed by atoms with Gasteiger partial charge in [0.2, 0.25) is 5.91 Å². The molecule has 29 heavy (non-hydrogen) atoms. The maximum Gasteiger partial charge on any atom is 0.273 e. The number of anilines is 1. The molecule has 0 unspecified atom stereocenters. The molecule has 0 bridgehead atoms. The predicted octanol–water partition coefficient (Wildman–Crippen LogP) is 4.58. The van der Waals surface area contributed by atoms with E-state index in [9.17, 15) is 20.2 Å². The molecular formula is C20H15BrN4O3S. The lowest BCUT2D eigenvalue weighted by atomic mass is 9.85. The number of fused-ring (bicyclic) bond motifs is 1. The van der Waals surface area contributed by atoms with E-state index in [4.69, 9.17) is 0 Å². The van der Waals surface area contributed by atoms with Crippen LogP contribution in [-0.2, 0) is 4.79 Å². The van der Waals surface area contributed by atoms with Gasteiger partial charge in [0.25, 0.3) is 5.69 Å². The molecule has 0 spiro atoms. The molecule has 2 aromatic carbocycles. The number of nitriles is 1. The monoisotopic (exact) mass is 470 g/mol. The van der Waals surface area contributed by atoms with Crippen molar-refractivity contribution in [2.75, 3.05) is 17.4 Å². The molecule has 9 heteroatoms. The largest absolute Gasteiger partial charge is 0.344 e. The van der Waals surface area contributed by atoms with Crippen molar-refractivity contribution in [3.05, 3.63) is 79.3 Å². The van der Waals surface area contributed by atoms with Crippen LogP contribution in [0, 0.1) is 21.4 Å². The van der Waals surface area contributed by atoms with Gasteiger partial charge >= 0.3 is 0 Å². The molecule has 1 fully saturated rings. The Labute approximate surface area is 179 Å². The second-order valence-electron chi connectivity index (χ2n) is 6.66. The van der Waals surface area contributed by atoms with Crippen LogP contribution in [0.2, 0.25) is 0 Å². The number of benzene rings is 2. The summed E-state index contributed by atoms with van der Waals surface area (Å²) in [6.07, 6.45) is 0.0337. The normalized spacial score (nSPS) is 19.0. The Kier molecular flexibility index (Phi) is 5.30. The van der Waals surface area contributed by atoms with E-state index in [1.54, 1.807) is 23.1 Å². The summed E-state index contributed by atoms with van der Waals surface area (Å²) in [4.78, 5) is 27.6. The summed E-state index contributed by atoms with van der Waals surface area (Å²) >= 11 is 4.83. The van der Waals surface area contributed by atoms with E-state index in [1.807, 2.05) is 24.3 Å². The summed E-state index contributed by atoms with van der Waals surface area (Å²) in [5.74, 6) is -0.168. The van der Waals surface area contributed by atoms with Crippen molar-refractivity contribution in [3.63, 3.8) is 0 Å². The average molecular weight is 471 g/mol. The fraction of sp³-hybridized carbons (Fsp3) is 0.200. The van der Waals surface area contributed by atoms with Crippen molar-refractivity contribution in [1.82, 2.24) is 4.90 Å². The Balaban J connectivity index is 1.70. The second-order valence-corrected chi connectivity index (χ2v) is 8.51. The molecule has 1 atom stereocenters. The van der Waals surface area contributed by atoms with Gasteiger partial charge in [0.1, 0.15) is 0 Å². The number of halogens is 1. The third kappa shape index (κ3) is 3.61. The minimum Gasteiger partial charge on any atom is -0.344 e. The maximum absolute atomic E-state index is 13.0. The van der Waals surface area contributed by atoms with Crippen LogP contribution in [0.3, 0.4) is 0 Å². The van der Waals surface area contributed by atoms with E-state index in [0.29, 0.717) is 28.7 Å². The second kappa shape index (κ2) is 7.89. The minimum absolute atomic E-state index is 0.0337. The standard InChI is InChI=1S/C20H15BrN4O3S/c21-13-5-7-14(8-6-13)23-11-24-19(26)9-16(17(10-22)20(24)29-12-23)15-3-1-2-4-18(15)25(27)28/h1-8,16H,9,11-12H2/t16-/m1/s1. The molecule has 0 aromatic heterocycles. The molecule has 0 aliphatic carbocycles. The molecule has 0 saturated carbocycles. The van der Waals surface area contributed by atoms with Gasteiger partial charge < -0.3 is 4.90 Å². The van der Waals surface area contributed by atoms with E-state index in [2.05, 4.69) is 26.9 Å². The first-order valence-corrected chi connectivity index (χ1v) is 10.6. The number of carbonyl (C=O) groups is 1. The van der Waals surface area contributed by atoms with Crippen LogP contribution >= 0.6 is 27.7 Å². The number of hydrogen-bond donors (Lipinski definition) is 0. The van der Waals surface area contributed by atoms with Crippen LogP contribution in [0.25, 0.3) is 0 Å². The van der Waals surface area contributed by atoms with Gasteiger partial charge in [-0.1, -0.05) is 45.9 Å². The third-order valence-corrected chi connectivity index (χ3v) is 6.68. The number of amides is 1. The maximum atomic E-state index is 13.0. The Morgan fingerprint density at radius 2 is 1.93 bits per heavy atom. The van der Waals surface area contributed by atoms with E-state index < -0.39 is 10.8 Å². The number of thioether (sulfide) groups is 1. The zero-order valence-electron chi connectivity index (χ0n) is 15.1. The quantitative estimate of drug-likeness (QED) is 0.481. The molecule has 2 aromatic rings. The first-order valence-electron chi connectivity index (χ1n) is 8.81. The van der Waals surface area contributed by atoms with Crippen molar-refractivity contribution < 1.29 is 9.72 Å². The number of carbonyl (C=O) groups excluding carboxylic acids is 1. The van der Waals surface area contributed by atoms with Gasteiger partial charge in [-0.3, -0.25) is 19.8 Å². The average Bonchev–Trinajstić information content (AvgIpc) is 2.74. The van der Waals surface area contributed by atoms with Crippen molar-refractivity contribution in [2.45, 2.75) is 12.3 Å². The zero-order valence-corrected chi connectivity index (χ0v) is 17.5. The molecule has 1 amide bonds. The lowest BCUT2D eigenvalue weighted by Crippen LogP contribution is -2.47. The first-order chi connectivity index (χ1) is 14.0. The molecule has 0 radical (unpaired) electrons. The highest BCUT2D eigenvalue weighted by Crippen LogP contribution is 2.45. The molecule has 146 valence electrons. The summed E-state index contributed by atoms with van der Waals surface area (Å²) in [6.45, 7) is 0.345. The minimum atomic E-state index is -0.605. The van der Waals surface area contributed by atoms with Crippen LogP contribution in [0.1, 0.15) is 17.9 Å². The highest BCUT2D eigenvalue weighted by atomic mass is 79.9. The fourth-order valence-corrected chi connectivity index (χ4v) is 5.02. The van der Waals surface area contributed by atoms with Crippen molar-refractivity contribution >= 4 is 45.0 Å². The van der Waals surface area contributed by atoms with Crippen molar-refractivity contribution in [2.24, 2.45) is 0 Å². The topological polar surface area (TPSA) is 90.5 Å². The highest BCUT2D eigenvalue weighted by Gasteiger charge is 2.40. The Morgan fingerprint density at radius 1 is 1.21 bits per heavy atom. The van der Waals surface area contributed by atoms with Crippen LogP contribution in [0.15, 0.2) is 63.6 Å². The lowest BCUT2D eigenvalue weighted by molar-refractivity contribution is -0.385. The van der Waals surface area contributed by atoms with Crippen LogP contribution in [0.5, 0.6) is 0 Å². The fourth-order valence-electron chi connectivity index (χ4n) is 3.59. The van der Waals surface area contributed by atoms with Gasteiger partial charge in [-0.15, -0.1) is 0 Å². The Morgan fingerprint density at radius 3 is 2.62 bits per heavy atom. The molecule has 7 nitrogen and oxygen atoms in total. The van der Waals surface area contributed by atoms with Crippen LogP contribution in [-0.4, -0.2) is 28.3 Å². The smallest absolute Gasteiger partial charge is 0.273 e. The molecular weight excluding hydrogens is 456 g/mol. The number of para-hydroxylation sites is 1. The molecule has 2 heterocycles. The summed E-state index contributed by atoms with van der Waals surface area (Å²) < 4.78 is 0.972. The SMILES string of the molecule is N#CC1=C2SCN(c3ccc(Br)cc3)CN2C(=O)C[C@@H]1c1ccccc1[N+](=O)[O-]. The highest BCUT2D eigenvalue weighted by molar-refractivity contribution is 9.10. The Bertz CT molecular complexity index is 1060. The molecule has 2 aliphatic heterocycles. The van der Waals surface area contributed by atoms with Gasteiger partial charge in [0.15, 0.2) is 0 Å². The van der Waals surface area contributed by atoms with Crippen LogP contribution in [0.4, 0.5) is 11.4 Å². The van der Waals surface area contributed by atoms with E-state index in [1.165, 1.54) is 17.8 Å². The predicted molar refractivity (Wildman–Crippen MR) is 114 cm³/mol. The Hall–Kier alpha value is -2.83. The van der Waals surface area contributed by atoms with E-state index in [-0.39, 0.29) is 18.0 Å². The van der Waals surface area contributed by atoms with Gasteiger partial charge in [-0.25, -0.2) is 0 Å². The molecule has 4 rings (SSSR count). The number of hydrogen-bond acceptors (Lipinski definition) is 6. The number of rotatable bonds is 3. The number of nitro benzene ring substituents is 1. The first kappa shape index (κ1) is 19.5. The summed E-state index contributed by atoms with van der Waals surface area (Å²) in [5, 5.41) is 21.9. The lowest BCUT2D eigenvalue weighted by Gasteiger charge is -2.42. The third-order valence-electron chi connectivity index (χ3n) is 4.99.